The number of hydrogen-bond donors (Lipinski definition) is 3. The molecule has 198 valence electrons. The topological polar surface area (TPSA) is 153 Å². The van der Waals surface area contributed by atoms with Crippen LogP contribution in [0.3, 0.4) is 0 Å². The van der Waals surface area contributed by atoms with E-state index in [2.05, 4.69) is 15.0 Å². The van der Waals surface area contributed by atoms with Crippen LogP contribution in [0.4, 0.5) is 30.2 Å². The lowest BCUT2D eigenvalue weighted by atomic mass is 10.1. The maximum Gasteiger partial charge on any atom is 0.573 e. The summed E-state index contributed by atoms with van der Waals surface area (Å²) in [6, 6.07) is 13.7. The van der Waals surface area contributed by atoms with Crippen molar-refractivity contribution in [3.63, 3.8) is 0 Å². The summed E-state index contributed by atoms with van der Waals surface area (Å²) in [5, 5.41) is 14.5. The number of H-pyrrole nitrogens is 1. The smallest absolute Gasteiger partial charge is 0.497 e. The number of sulfonamides is 1. The quantitative estimate of drug-likeness (QED) is 0.208. The van der Waals surface area contributed by atoms with E-state index in [4.69, 9.17) is 4.74 Å². The van der Waals surface area contributed by atoms with Crippen LogP contribution < -0.4 is 19.5 Å². The third-order valence-corrected chi connectivity index (χ3v) is 6.50. The molecule has 4 rings (SSSR count). The average Bonchev–Trinajstić information content (AvgIpc) is 3.29. The van der Waals surface area contributed by atoms with Gasteiger partial charge in [0.05, 0.1) is 16.9 Å². The number of nitrogens with zero attached hydrogens (tertiary/aromatic N) is 1. The first-order chi connectivity index (χ1) is 17.9. The van der Waals surface area contributed by atoms with Crippen LogP contribution in [0.2, 0.25) is 0 Å². The Kier molecular flexibility index (Phi) is 6.87. The van der Waals surface area contributed by atoms with Crippen molar-refractivity contribution in [1.82, 2.24) is 9.71 Å². The van der Waals surface area contributed by atoms with Gasteiger partial charge in [0.15, 0.2) is 0 Å². The lowest BCUT2D eigenvalue weighted by molar-refractivity contribution is -0.383. The van der Waals surface area contributed by atoms with Gasteiger partial charge in [-0.15, -0.1) is 13.2 Å². The monoisotopic (exact) mass is 550 g/mol. The van der Waals surface area contributed by atoms with E-state index in [1.165, 1.54) is 55.6 Å². The van der Waals surface area contributed by atoms with Gasteiger partial charge in [0, 0.05) is 28.9 Å². The Morgan fingerprint density at radius 1 is 1.03 bits per heavy atom. The number of nitro benzene ring substituents is 1. The summed E-state index contributed by atoms with van der Waals surface area (Å²) in [6.45, 7) is 0. The second-order valence-corrected chi connectivity index (χ2v) is 9.35. The molecule has 1 amide bonds. The van der Waals surface area contributed by atoms with E-state index in [1.54, 1.807) is 0 Å². The van der Waals surface area contributed by atoms with Gasteiger partial charge in [0.2, 0.25) is 0 Å². The molecule has 0 aliphatic carbocycles. The number of halogens is 3. The first kappa shape index (κ1) is 26.3. The summed E-state index contributed by atoms with van der Waals surface area (Å²) >= 11 is 0. The number of aromatic amines is 1. The maximum absolute atomic E-state index is 12.8. The molecule has 0 aliphatic rings. The molecule has 0 fully saturated rings. The van der Waals surface area contributed by atoms with E-state index in [0.717, 1.165) is 18.2 Å². The van der Waals surface area contributed by atoms with Gasteiger partial charge in [-0.2, -0.15) is 0 Å². The third-order valence-electron chi connectivity index (χ3n) is 5.16. The van der Waals surface area contributed by atoms with Gasteiger partial charge in [-0.05, 0) is 48.5 Å². The first-order valence-electron chi connectivity index (χ1n) is 10.5. The first-order valence-corrected chi connectivity index (χ1v) is 12.0. The minimum absolute atomic E-state index is 0.105. The molecule has 15 heteroatoms. The number of hydrogen-bond acceptors (Lipinski definition) is 8. The number of anilines is 2. The van der Waals surface area contributed by atoms with Gasteiger partial charge in [-0.25, -0.2) is 13.1 Å². The van der Waals surface area contributed by atoms with Crippen molar-refractivity contribution in [3.05, 3.63) is 82.5 Å². The van der Waals surface area contributed by atoms with E-state index in [9.17, 15) is 36.5 Å². The molecule has 3 N–H and O–H groups in total. The highest BCUT2D eigenvalue weighted by Gasteiger charge is 2.31. The van der Waals surface area contributed by atoms with E-state index in [-0.39, 0.29) is 32.9 Å². The largest absolute Gasteiger partial charge is 0.573 e. The van der Waals surface area contributed by atoms with E-state index >= 15 is 0 Å². The molecule has 0 atom stereocenters. The van der Waals surface area contributed by atoms with Crippen molar-refractivity contribution in [1.29, 1.82) is 0 Å². The van der Waals surface area contributed by atoms with Gasteiger partial charge in [-0.1, -0.05) is 6.07 Å². The molecular weight excluding hydrogens is 533 g/mol. The summed E-state index contributed by atoms with van der Waals surface area (Å²) in [5.74, 6) is -1.20. The lowest BCUT2D eigenvalue weighted by Crippen LogP contribution is -2.30. The van der Waals surface area contributed by atoms with Crippen LogP contribution in [0.1, 0.15) is 10.5 Å². The number of non-ortho nitro benzene ring substituents is 1. The Morgan fingerprint density at radius 2 is 1.74 bits per heavy atom. The van der Waals surface area contributed by atoms with Gasteiger partial charge in [-0.3, -0.25) is 14.9 Å². The van der Waals surface area contributed by atoms with Crippen molar-refractivity contribution in [2.75, 3.05) is 12.4 Å². The molecule has 11 nitrogen and oxygen atoms in total. The number of nitrogens with one attached hydrogen (secondary N) is 3. The maximum atomic E-state index is 12.8. The van der Waals surface area contributed by atoms with Crippen molar-refractivity contribution < 1.29 is 40.8 Å². The summed E-state index contributed by atoms with van der Waals surface area (Å²) in [4.78, 5) is 26.0. The molecule has 0 bridgehead atoms. The number of aromatic nitrogens is 1. The van der Waals surface area contributed by atoms with Gasteiger partial charge >= 0.3 is 6.36 Å². The van der Waals surface area contributed by atoms with Crippen LogP contribution in [-0.4, -0.2) is 37.7 Å². The fourth-order valence-electron chi connectivity index (χ4n) is 3.51. The molecule has 0 saturated carbocycles. The highest BCUT2D eigenvalue weighted by molar-refractivity contribution is 7.90. The van der Waals surface area contributed by atoms with Crippen LogP contribution in [0.5, 0.6) is 11.5 Å². The molecule has 0 spiro atoms. The fraction of sp³-hybridized carbons (Fsp3) is 0.0870. The van der Waals surface area contributed by atoms with Gasteiger partial charge in [0.1, 0.15) is 22.7 Å². The zero-order chi connectivity index (χ0) is 27.7. The van der Waals surface area contributed by atoms with Crippen LogP contribution in [-0.2, 0) is 10.0 Å². The summed E-state index contributed by atoms with van der Waals surface area (Å²) in [6.07, 6.45) is -4.91. The zero-order valence-electron chi connectivity index (χ0n) is 19.2. The number of carbonyl (C=O) groups excluding carboxylic acids is 1. The van der Waals surface area contributed by atoms with Crippen molar-refractivity contribution in [2.45, 2.75) is 11.3 Å². The second-order valence-electron chi connectivity index (χ2n) is 7.67. The normalized spacial score (nSPS) is 11.7. The summed E-state index contributed by atoms with van der Waals surface area (Å²) in [5.41, 5.74) is -0.519. The summed E-state index contributed by atoms with van der Waals surface area (Å²) in [7, 11) is -2.91. The number of nitro groups is 1. The highest BCUT2D eigenvalue weighted by atomic mass is 32.2. The van der Waals surface area contributed by atoms with Crippen LogP contribution in [0, 0.1) is 10.1 Å². The molecule has 1 heterocycles. The Morgan fingerprint density at radius 3 is 2.37 bits per heavy atom. The number of rotatable bonds is 8. The number of alkyl halides is 3. The molecule has 3 aromatic carbocycles. The predicted octanol–water partition coefficient (Wildman–Crippen LogP) is 4.85. The Balaban J connectivity index is 1.67. The fourth-order valence-corrected chi connectivity index (χ4v) is 4.47. The molecule has 0 unspecified atom stereocenters. The molecule has 38 heavy (non-hydrogen) atoms. The number of amides is 1. The Labute approximate surface area is 212 Å². The predicted molar refractivity (Wildman–Crippen MR) is 129 cm³/mol. The van der Waals surface area contributed by atoms with Crippen LogP contribution >= 0.6 is 0 Å². The number of methoxy groups -OCH3 is 1. The number of ether oxygens (including phenoxy) is 2. The van der Waals surface area contributed by atoms with Crippen molar-refractivity contribution in [3.8, 4) is 11.5 Å². The van der Waals surface area contributed by atoms with Crippen molar-refractivity contribution in [2.24, 2.45) is 0 Å². The minimum Gasteiger partial charge on any atom is -0.497 e. The SMILES string of the molecule is COc1ccc(S(=O)(=O)NC(=O)c2cc3c(Nc4cccc(OC(F)(F)F)c4)ccc([N+](=O)[O-])c3[nH]2)cc1. The van der Waals surface area contributed by atoms with E-state index in [0.29, 0.717) is 5.75 Å². The van der Waals surface area contributed by atoms with E-state index < -0.39 is 38.7 Å². The Hall–Kier alpha value is -4.79. The zero-order valence-corrected chi connectivity index (χ0v) is 20.0. The minimum atomic E-state index is -4.91. The molecule has 0 aliphatic heterocycles. The lowest BCUT2D eigenvalue weighted by Gasteiger charge is -2.12. The number of fused-ring (bicyclic) bond motifs is 1. The standard InChI is InChI=1S/C23H17F3N4O7S/c1-36-14-5-7-16(8-6-14)38(34,35)29-22(31)19-12-17-18(9-10-20(30(32)33)21(17)28-19)27-13-3-2-4-15(11-13)37-23(24,25)26/h2-12,27-28H,1H3,(H,29,31). The van der Waals surface area contributed by atoms with Gasteiger partial charge < -0.3 is 19.8 Å². The molecular formula is C23H17F3N4O7S. The molecule has 1 aromatic heterocycles. The number of carbonyl (C=O) groups is 1. The van der Waals surface area contributed by atoms with E-state index in [1.807, 2.05) is 4.72 Å². The van der Waals surface area contributed by atoms with Crippen LogP contribution in [0.15, 0.2) is 71.6 Å². The Bertz CT molecular complexity index is 1640. The average molecular weight is 550 g/mol. The van der Waals surface area contributed by atoms with Gasteiger partial charge in [0.25, 0.3) is 21.6 Å². The molecule has 0 saturated heterocycles. The highest BCUT2D eigenvalue weighted by Crippen LogP contribution is 2.35. The third kappa shape index (κ3) is 5.78. The number of benzene rings is 3. The molecule has 4 aromatic rings. The summed E-state index contributed by atoms with van der Waals surface area (Å²) < 4.78 is 73.8. The molecule has 0 radical (unpaired) electrons. The van der Waals surface area contributed by atoms with Crippen LogP contribution in [0.25, 0.3) is 10.9 Å². The van der Waals surface area contributed by atoms with Crippen molar-refractivity contribution >= 4 is 43.9 Å². The second kappa shape index (κ2) is 9.93.